The van der Waals surface area contributed by atoms with Crippen LogP contribution in [0.3, 0.4) is 0 Å². The lowest BCUT2D eigenvalue weighted by Gasteiger charge is -2.43. The Morgan fingerprint density at radius 3 is 2.58 bits per heavy atom. The van der Waals surface area contributed by atoms with Crippen LogP contribution in [0.25, 0.3) is 0 Å². The predicted octanol–water partition coefficient (Wildman–Crippen LogP) is 1.43. The van der Waals surface area contributed by atoms with Crippen molar-refractivity contribution in [3.05, 3.63) is 0 Å². The van der Waals surface area contributed by atoms with Gasteiger partial charge in [0.1, 0.15) is 0 Å². The first kappa shape index (κ1) is 8.52. The number of piperidine rings is 1. The molecule has 1 aliphatic heterocycles. The summed E-state index contributed by atoms with van der Waals surface area (Å²) in [5.41, 5.74) is 0.329. The summed E-state index contributed by atoms with van der Waals surface area (Å²) >= 11 is 0. The highest BCUT2D eigenvalue weighted by Crippen LogP contribution is 2.34. The lowest BCUT2D eigenvalue weighted by molar-refractivity contribution is 0.0585. The molecule has 1 heterocycles. The quantitative estimate of drug-likeness (QED) is 0.575. The fourth-order valence-corrected chi connectivity index (χ4v) is 2.74. The topological polar surface area (TPSA) is 32.3 Å². The van der Waals surface area contributed by atoms with Gasteiger partial charge in [-0.05, 0) is 32.2 Å². The van der Waals surface area contributed by atoms with E-state index in [4.69, 9.17) is 0 Å². The first-order valence-electron chi connectivity index (χ1n) is 5.24. The van der Waals surface area contributed by atoms with E-state index in [-0.39, 0.29) is 6.10 Å². The second-order valence-electron chi connectivity index (χ2n) is 4.41. The Labute approximate surface area is 74.4 Å². The van der Waals surface area contributed by atoms with Gasteiger partial charge in [0.05, 0.1) is 6.10 Å². The average molecular weight is 169 g/mol. The molecule has 2 nitrogen and oxygen atoms in total. The van der Waals surface area contributed by atoms with Gasteiger partial charge in [0, 0.05) is 5.54 Å². The summed E-state index contributed by atoms with van der Waals surface area (Å²) in [6.07, 6.45) is 8.55. The third kappa shape index (κ3) is 1.64. The number of nitrogens with one attached hydrogen (secondary N) is 1. The molecule has 1 spiro atoms. The van der Waals surface area contributed by atoms with Gasteiger partial charge in [-0.2, -0.15) is 0 Å². The summed E-state index contributed by atoms with van der Waals surface area (Å²) in [6, 6.07) is 0. The lowest BCUT2D eigenvalue weighted by Crippen LogP contribution is -2.53. The summed E-state index contributed by atoms with van der Waals surface area (Å²) in [5.74, 6) is 0. The van der Waals surface area contributed by atoms with Crippen molar-refractivity contribution >= 4 is 0 Å². The molecule has 0 bridgehead atoms. The molecule has 2 fully saturated rings. The van der Waals surface area contributed by atoms with Gasteiger partial charge >= 0.3 is 0 Å². The number of aliphatic hydroxyl groups excluding tert-OH is 1. The third-order valence-electron chi connectivity index (χ3n) is 3.41. The van der Waals surface area contributed by atoms with Crippen LogP contribution in [0.15, 0.2) is 0 Å². The number of rotatable bonds is 0. The van der Waals surface area contributed by atoms with E-state index in [1.165, 1.54) is 32.1 Å². The van der Waals surface area contributed by atoms with Gasteiger partial charge in [0.25, 0.3) is 0 Å². The molecule has 2 rings (SSSR count). The number of hydrogen-bond donors (Lipinski definition) is 2. The zero-order chi connectivity index (χ0) is 8.44. The fraction of sp³-hybridized carbons (Fsp3) is 1.00. The Kier molecular flexibility index (Phi) is 2.37. The Balaban J connectivity index is 1.97. The molecule has 0 aromatic rings. The van der Waals surface area contributed by atoms with Crippen molar-refractivity contribution in [2.45, 2.75) is 56.6 Å². The third-order valence-corrected chi connectivity index (χ3v) is 3.41. The van der Waals surface area contributed by atoms with Crippen LogP contribution in [-0.2, 0) is 0 Å². The molecule has 1 saturated carbocycles. The van der Waals surface area contributed by atoms with E-state index < -0.39 is 0 Å². The smallest absolute Gasteiger partial charge is 0.0569 e. The lowest BCUT2D eigenvalue weighted by atomic mass is 9.75. The van der Waals surface area contributed by atoms with Crippen molar-refractivity contribution in [3.8, 4) is 0 Å². The van der Waals surface area contributed by atoms with Crippen LogP contribution in [0, 0.1) is 0 Å². The fourth-order valence-electron chi connectivity index (χ4n) is 2.74. The molecule has 1 aliphatic carbocycles. The van der Waals surface area contributed by atoms with E-state index in [0.717, 1.165) is 19.4 Å². The molecule has 12 heavy (non-hydrogen) atoms. The summed E-state index contributed by atoms with van der Waals surface area (Å²) in [7, 11) is 0. The maximum Gasteiger partial charge on any atom is 0.0569 e. The van der Waals surface area contributed by atoms with Gasteiger partial charge in [-0.15, -0.1) is 0 Å². The van der Waals surface area contributed by atoms with Crippen LogP contribution in [-0.4, -0.2) is 23.3 Å². The highest BCUT2D eigenvalue weighted by Gasteiger charge is 2.35. The zero-order valence-corrected chi connectivity index (χ0v) is 7.68. The van der Waals surface area contributed by atoms with Gasteiger partial charge in [0.15, 0.2) is 0 Å². The zero-order valence-electron chi connectivity index (χ0n) is 7.68. The molecule has 0 amide bonds. The summed E-state index contributed by atoms with van der Waals surface area (Å²) in [4.78, 5) is 0. The Hall–Kier alpha value is -0.0800. The van der Waals surface area contributed by atoms with Crippen LogP contribution in [0.1, 0.15) is 44.9 Å². The first-order valence-corrected chi connectivity index (χ1v) is 5.24. The minimum Gasteiger partial charge on any atom is -0.393 e. The first-order chi connectivity index (χ1) is 5.81. The molecule has 0 radical (unpaired) electrons. The summed E-state index contributed by atoms with van der Waals surface area (Å²) in [6.45, 7) is 1.02. The second-order valence-corrected chi connectivity index (χ2v) is 4.41. The van der Waals surface area contributed by atoms with Crippen molar-refractivity contribution in [1.82, 2.24) is 5.32 Å². The van der Waals surface area contributed by atoms with Crippen LogP contribution >= 0.6 is 0 Å². The average Bonchev–Trinajstić information content (AvgIpc) is 2.05. The van der Waals surface area contributed by atoms with E-state index >= 15 is 0 Å². The van der Waals surface area contributed by atoms with Crippen molar-refractivity contribution in [3.63, 3.8) is 0 Å². The van der Waals surface area contributed by atoms with Crippen molar-refractivity contribution in [2.75, 3.05) is 6.54 Å². The standard InChI is InChI=1S/C10H19NO/c12-9-4-7-11-10(8-9)5-2-1-3-6-10/h9,11-12H,1-8H2/t9-/m0/s1. The maximum absolute atomic E-state index is 9.59. The molecule has 1 saturated heterocycles. The SMILES string of the molecule is O[C@H]1CCNC2(CCCCC2)C1. The molecular weight excluding hydrogens is 150 g/mol. The van der Waals surface area contributed by atoms with Crippen molar-refractivity contribution in [2.24, 2.45) is 0 Å². The Morgan fingerprint density at radius 2 is 1.92 bits per heavy atom. The second kappa shape index (κ2) is 3.35. The monoisotopic (exact) mass is 169 g/mol. The van der Waals surface area contributed by atoms with Crippen LogP contribution < -0.4 is 5.32 Å². The minimum atomic E-state index is -0.0376. The summed E-state index contributed by atoms with van der Waals surface area (Å²) < 4.78 is 0. The highest BCUT2D eigenvalue weighted by atomic mass is 16.3. The van der Waals surface area contributed by atoms with E-state index in [2.05, 4.69) is 5.32 Å². The summed E-state index contributed by atoms with van der Waals surface area (Å²) in [5, 5.41) is 13.2. The molecule has 70 valence electrons. The van der Waals surface area contributed by atoms with E-state index in [1.54, 1.807) is 0 Å². The molecule has 2 N–H and O–H groups in total. The molecule has 2 heteroatoms. The number of hydrogen-bond acceptors (Lipinski definition) is 2. The number of aliphatic hydroxyl groups is 1. The van der Waals surface area contributed by atoms with Gasteiger partial charge < -0.3 is 10.4 Å². The van der Waals surface area contributed by atoms with Gasteiger partial charge in [0.2, 0.25) is 0 Å². The molecule has 2 aliphatic rings. The van der Waals surface area contributed by atoms with Gasteiger partial charge in [-0.3, -0.25) is 0 Å². The largest absolute Gasteiger partial charge is 0.393 e. The molecule has 1 atom stereocenters. The van der Waals surface area contributed by atoms with Crippen LogP contribution in [0.4, 0.5) is 0 Å². The molecule has 0 aromatic carbocycles. The van der Waals surface area contributed by atoms with Crippen LogP contribution in [0.5, 0.6) is 0 Å². The van der Waals surface area contributed by atoms with E-state index in [1.807, 2.05) is 0 Å². The minimum absolute atomic E-state index is 0.0376. The molecule has 0 aromatic heterocycles. The maximum atomic E-state index is 9.59. The van der Waals surface area contributed by atoms with Crippen LogP contribution in [0.2, 0.25) is 0 Å². The Morgan fingerprint density at radius 1 is 1.17 bits per heavy atom. The Bertz CT molecular complexity index is 146. The predicted molar refractivity (Wildman–Crippen MR) is 49.1 cm³/mol. The normalized spacial score (nSPS) is 35.2. The molecule has 0 unspecified atom stereocenters. The van der Waals surface area contributed by atoms with Crippen molar-refractivity contribution < 1.29 is 5.11 Å². The highest BCUT2D eigenvalue weighted by molar-refractivity contribution is 4.95. The van der Waals surface area contributed by atoms with E-state index in [9.17, 15) is 5.11 Å². The van der Waals surface area contributed by atoms with Gasteiger partial charge in [-0.25, -0.2) is 0 Å². The van der Waals surface area contributed by atoms with E-state index in [0.29, 0.717) is 5.54 Å². The van der Waals surface area contributed by atoms with Crippen molar-refractivity contribution in [1.29, 1.82) is 0 Å². The van der Waals surface area contributed by atoms with Gasteiger partial charge in [-0.1, -0.05) is 19.3 Å². The molecular formula is C10H19NO.